The maximum atomic E-state index is 13.5. The molecule has 0 saturated heterocycles. The van der Waals surface area contributed by atoms with Crippen molar-refractivity contribution >= 4 is 42.3 Å². The molecule has 1 atom stereocenters. The van der Waals surface area contributed by atoms with Gasteiger partial charge in [-0.1, -0.05) is 11.6 Å². The van der Waals surface area contributed by atoms with Crippen LogP contribution in [0.1, 0.15) is 35.3 Å². The summed E-state index contributed by atoms with van der Waals surface area (Å²) in [6.07, 6.45) is 1.66. The van der Waals surface area contributed by atoms with Gasteiger partial charge in [-0.05, 0) is 30.9 Å². The highest BCUT2D eigenvalue weighted by Crippen LogP contribution is 2.31. The number of nitrogens with two attached hydrogens (primary N) is 1. The number of halogens is 5. The zero-order valence-corrected chi connectivity index (χ0v) is 15.8. The van der Waals surface area contributed by atoms with Gasteiger partial charge in [-0.15, -0.1) is 24.8 Å². The number of aromatic nitrogens is 3. The molecule has 3 N–H and O–H groups in total. The Kier molecular flexibility index (Phi) is 8.20. The van der Waals surface area contributed by atoms with Crippen LogP contribution in [0.25, 0.3) is 5.82 Å². The average molecular weight is 429 g/mol. The van der Waals surface area contributed by atoms with Crippen molar-refractivity contribution in [2.75, 3.05) is 6.54 Å². The Balaban J connectivity index is 0.00000169. The van der Waals surface area contributed by atoms with E-state index in [2.05, 4.69) is 15.4 Å². The molecular weight excluding hydrogens is 411 g/mol. The molecule has 3 rings (SSSR count). The molecule has 0 aliphatic heterocycles. The van der Waals surface area contributed by atoms with Crippen LogP contribution in [-0.2, 0) is 0 Å². The highest BCUT2D eigenvalue weighted by atomic mass is 35.5. The summed E-state index contributed by atoms with van der Waals surface area (Å²) in [7, 11) is 0. The van der Waals surface area contributed by atoms with Crippen molar-refractivity contribution in [2.45, 2.75) is 25.3 Å². The van der Waals surface area contributed by atoms with Crippen molar-refractivity contribution in [3.05, 3.63) is 40.8 Å². The summed E-state index contributed by atoms with van der Waals surface area (Å²) >= 11 is 5.98. The Morgan fingerprint density at radius 1 is 1.42 bits per heavy atom. The molecule has 1 aliphatic carbocycles. The molecule has 1 fully saturated rings. The van der Waals surface area contributed by atoms with Crippen LogP contribution >= 0.6 is 36.4 Å². The molecular formula is C15H18Cl3F2N5O. The Morgan fingerprint density at radius 2 is 2.12 bits per heavy atom. The summed E-state index contributed by atoms with van der Waals surface area (Å²) in [6, 6.07) is 2.92. The molecule has 26 heavy (non-hydrogen) atoms. The number of carbonyl (C=O) groups is 1. The number of carbonyl (C=O) groups excluding carboxylic acids is 1. The quantitative estimate of drug-likeness (QED) is 0.740. The minimum Gasteiger partial charge on any atom is -0.350 e. The number of hydrogen-bond acceptors (Lipinski definition) is 4. The molecule has 1 aliphatic rings. The number of hydrogen-bond donors (Lipinski definition) is 2. The lowest BCUT2D eigenvalue weighted by Gasteiger charge is -2.12. The number of pyridine rings is 1. The van der Waals surface area contributed by atoms with Crippen LogP contribution in [0.2, 0.25) is 5.02 Å². The topological polar surface area (TPSA) is 85.8 Å². The van der Waals surface area contributed by atoms with Gasteiger partial charge < -0.3 is 11.1 Å². The lowest BCUT2D eigenvalue weighted by atomic mass is 10.2. The van der Waals surface area contributed by atoms with Gasteiger partial charge in [-0.3, -0.25) is 4.79 Å². The van der Waals surface area contributed by atoms with E-state index in [0.717, 1.165) is 23.7 Å². The zero-order valence-electron chi connectivity index (χ0n) is 13.4. The smallest absolute Gasteiger partial charge is 0.281 e. The van der Waals surface area contributed by atoms with Crippen molar-refractivity contribution in [2.24, 2.45) is 11.7 Å². The first-order valence-corrected chi connectivity index (χ1v) is 7.87. The molecule has 1 saturated carbocycles. The highest BCUT2D eigenvalue weighted by Gasteiger charge is 2.30. The van der Waals surface area contributed by atoms with E-state index in [-0.39, 0.29) is 53.8 Å². The first-order valence-electron chi connectivity index (χ1n) is 7.49. The lowest BCUT2D eigenvalue weighted by Crippen LogP contribution is -2.38. The number of amides is 1. The van der Waals surface area contributed by atoms with Gasteiger partial charge in [0.05, 0.1) is 16.8 Å². The molecule has 144 valence electrons. The van der Waals surface area contributed by atoms with Crippen molar-refractivity contribution in [3.63, 3.8) is 0 Å². The maximum Gasteiger partial charge on any atom is 0.281 e. The summed E-state index contributed by atoms with van der Waals surface area (Å²) in [5.74, 6) is -0.196. The van der Waals surface area contributed by atoms with E-state index in [9.17, 15) is 13.6 Å². The van der Waals surface area contributed by atoms with Crippen LogP contribution < -0.4 is 11.1 Å². The molecule has 0 radical (unpaired) electrons. The fourth-order valence-electron chi connectivity index (χ4n) is 2.44. The molecule has 2 heterocycles. The highest BCUT2D eigenvalue weighted by molar-refractivity contribution is 6.32. The van der Waals surface area contributed by atoms with E-state index in [1.807, 2.05) is 0 Å². The monoisotopic (exact) mass is 427 g/mol. The van der Waals surface area contributed by atoms with Crippen LogP contribution in [-0.4, -0.2) is 33.3 Å². The van der Waals surface area contributed by atoms with Crippen LogP contribution in [0.5, 0.6) is 0 Å². The largest absolute Gasteiger partial charge is 0.350 e. The van der Waals surface area contributed by atoms with Crippen molar-refractivity contribution < 1.29 is 13.6 Å². The van der Waals surface area contributed by atoms with E-state index in [0.29, 0.717) is 5.92 Å². The van der Waals surface area contributed by atoms with Crippen LogP contribution in [0.15, 0.2) is 24.5 Å². The number of rotatable bonds is 6. The minimum atomic E-state index is -2.91. The predicted octanol–water partition coefficient (Wildman–Crippen LogP) is 3.17. The van der Waals surface area contributed by atoms with Crippen LogP contribution in [0.3, 0.4) is 0 Å². The number of alkyl halides is 2. The van der Waals surface area contributed by atoms with Gasteiger partial charge in [0.15, 0.2) is 5.82 Å². The normalized spacial score (nSPS) is 14.3. The lowest BCUT2D eigenvalue weighted by molar-refractivity contribution is 0.0934. The molecule has 6 nitrogen and oxygen atoms in total. The minimum absolute atomic E-state index is 0. The molecule has 1 amide bonds. The molecule has 0 aromatic carbocycles. The van der Waals surface area contributed by atoms with Crippen molar-refractivity contribution in [1.82, 2.24) is 20.1 Å². The molecule has 0 spiro atoms. The van der Waals surface area contributed by atoms with Crippen molar-refractivity contribution in [3.8, 4) is 5.82 Å². The zero-order chi connectivity index (χ0) is 17.3. The average Bonchev–Trinajstić information content (AvgIpc) is 3.31. The fraction of sp³-hybridized carbons (Fsp3) is 0.400. The second-order valence-corrected chi connectivity index (χ2v) is 6.08. The first kappa shape index (κ1) is 22.6. The summed E-state index contributed by atoms with van der Waals surface area (Å²) < 4.78 is 27.9. The fourth-order valence-corrected chi connectivity index (χ4v) is 2.64. The third kappa shape index (κ3) is 4.82. The Labute approximate surface area is 166 Å². The Hall–Kier alpha value is -1.48. The van der Waals surface area contributed by atoms with Gasteiger partial charge in [-0.2, -0.15) is 5.10 Å². The van der Waals surface area contributed by atoms with E-state index >= 15 is 0 Å². The summed E-state index contributed by atoms with van der Waals surface area (Å²) in [6.45, 7) is 0.238. The van der Waals surface area contributed by atoms with Gasteiger partial charge in [-0.25, -0.2) is 18.4 Å². The van der Waals surface area contributed by atoms with Gasteiger partial charge >= 0.3 is 0 Å². The maximum absolute atomic E-state index is 13.5. The van der Waals surface area contributed by atoms with E-state index in [4.69, 9.17) is 17.3 Å². The van der Waals surface area contributed by atoms with Gasteiger partial charge in [0.1, 0.15) is 5.69 Å². The first-order chi connectivity index (χ1) is 11.5. The van der Waals surface area contributed by atoms with Crippen LogP contribution in [0, 0.1) is 5.92 Å². The standard InChI is InChI=1S/C15H16ClF2N5O.2ClH/c16-10-2-1-5-20-14(10)23-12(13(17)18)9(6-22-23)15(24)21-7-11(19)8-3-4-8;;/h1-2,5-6,8,11,13H,3-4,7,19H2,(H,21,24);2*1H. The molecule has 11 heteroatoms. The summed E-state index contributed by atoms with van der Waals surface area (Å²) in [5.41, 5.74) is 5.15. The van der Waals surface area contributed by atoms with E-state index in [1.165, 1.54) is 12.3 Å². The number of nitrogens with one attached hydrogen (secondary N) is 1. The van der Waals surface area contributed by atoms with Gasteiger partial charge in [0, 0.05) is 18.8 Å². The molecule has 0 bridgehead atoms. The van der Waals surface area contributed by atoms with Crippen molar-refractivity contribution in [1.29, 1.82) is 0 Å². The Bertz CT molecular complexity index is 755. The van der Waals surface area contributed by atoms with Gasteiger partial charge in [0.25, 0.3) is 12.3 Å². The summed E-state index contributed by atoms with van der Waals surface area (Å²) in [5, 5.41) is 6.61. The Morgan fingerprint density at radius 3 is 2.69 bits per heavy atom. The predicted molar refractivity (Wildman–Crippen MR) is 98.9 cm³/mol. The second kappa shape index (κ2) is 9.45. The second-order valence-electron chi connectivity index (χ2n) is 5.68. The van der Waals surface area contributed by atoms with E-state index < -0.39 is 18.0 Å². The SMILES string of the molecule is Cl.Cl.NC(CNC(=O)c1cnn(-c2ncccc2Cl)c1C(F)F)C1CC1. The third-order valence-electron chi connectivity index (χ3n) is 3.92. The summed E-state index contributed by atoms with van der Waals surface area (Å²) in [4.78, 5) is 16.2. The number of nitrogens with zero attached hydrogens (tertiary/aromatic N) is 3. The third-order valence-corrected chi connectivity index (χ3v) is 4.22. The van der Waals surface area contributed by atoms with Crippen LogP contribution in [0.4, 0.5) is 8.78 Å². The van der Waals surface area contributed by atoms with E-state index in [1.54, 1.807) is 6.07 Å². The molecule has 1 unspecified atom stereocenters. The molecule has 2 aromatic rings. The molecule has 2 aromatic heterocycles. The van der Waals surface area contributed by atoms with Gasteiger partial charge in [0.2, 0.25) is 0 Å².